The van der Waals surface area contributed by atoms with Gasteiger partial charge in [0.2, 0.25) is 0 Å². The van der Waals surface area contributed by atoms with Gasteiger partial charge in [-0.3, -0.25) is 0 Å². The van der Waals surface area contributed by atoms with Crippen LogP contribution in [-0.2, 0) is 5.41 Å². The van der Waals surface area contributed by atoms with Crippen LogP contribution in [0.2, 0.25) is 0 Å². The number of hydrogen-bond acceptors (Lipinski definition) is 3. The summed E-state index contributed by atoms with van der Waals surface area (Å²) in [6.07, 6.45) is 1.57. The molecule has 16 heavy (non-hydrogen) atoms. The average Bonchev–Trinajstić information content (AvgIpc) is 2.65. The van der Waals surface area contributed by atoms with E-state index in [2.05, 4.69) is 52.6 Å². The Morgan fingerprint density at radius 2 is 2.31 bits per heavy atom. The van der Waals surface area contributed by atoms with Gasteiger partial charge in [-0.05, 0) is 35.0 Å². The van der Waals surface area contributed by atoms with Crippen molar-refractivity contribution < 1.29 is 0 Å². The lowest BCUT2D eigenvalue weighted by Crippen LogP contribution is -2.32. The minimum Gasteiger partial charge on any atom is -0.316 e. The van der Waals surface area contributed by atoms with Gasteiger partial charge in [0, 0.05) is 33.1 Å². The summed E-state index contributed by atoms with van der Waals surface area (Å²) in [6.45, 7) is 6.35. The molecule has 0 saturated carbocycles. The molecule has 0 radical (unpaired) electrons. The fourth-order valence-corrected chi connectivity index (χ4v) is 3.00. The molecule has 0 atom stereocenters. The Labute approximate surface area is 110 Å². The molecule has 1 aromatic rings. The first-order valence-corrected chi connectivity index (χ1v) is 7.06. The number of nitriles is 1. The van der Waals surface area contributed by atoms with E-state index in [9.17, 15) is 0 Å². The number of hydrogen-bond donors (Lipinski definition) is 1. The van der Waals surface area contributed by atoms with E-state index in [0.29, 0.717) is 6.42 Å². The van der Waals surface area contributed by atoms with Crippen molar-refractivity contribution in [3.63, 3.8) is 0 Å². The molecular formula is C12H17BrN2S. The van der Waals surface area contributed by atoms with Crippen LogP contribution in [-0.4, -0.2) is 13.1 Å². The van der Waals surface area contributed by atoms with Crippen LogP contribution in [0.15, 0.2) is 15.9 Å². The van der Waals surface area contributed by atoms with Crippen molar-refractivity contribution in [2.75, 3.05) is 13.1 Å². The summed E-state index contributed by atoms with van der Waals surface area (Å²) in [7, 11) is 0. The third-order valence-electron chi connectivity index (χ3n) is 2.44. The third kappa shape index (κ3) is 4.25. The van der Waals surface area contributed by atoms with Gasteiger partial charge >= 0.3 is 0 Å². The van der Waals surface area contributed by atoms with Gasteiger partial charge in [0.1, 0.15) is 0 Å². The van der Waals surface area contributed by atoms with Crippen LogP contribution in [0, 0.1) is 11.3 Å². The van der Waals surface area contributed by atoms with Crippen molar-refractivity contribution >= 4 is 27.3 Å². The van der Waals surface area contributed by atoms with E-state index in [1.165, 1.54) is 4.88 Å². The summed E-state index contributed by atoms with van der Waals surface area (Å²) in [5.41, 5.74) is 0.156. The van der Waals surface area contributed by atoms with Gasteiger partial charge in [-0.1, -0.05) is 13.8 Å². The maximum Gasteiger partial charge on any atom is 0.0622 e. The van der Waals surface area contributed by atoms with Crippen molar-refractivity contribution in [2.45, 2.75) is 32.1 Å². The summed E-state index contributed by atoms with van der Waals surface area (Å²) in [6, 6.07) is 4.34. The minimum absolute atomic E-state index is 0.156. The molecule has 0 amide bonds. The molecule has 2 nitrogen and oxygen atoms in total. The minimum atomic E-state index is 0.156. The van der Waals surface area contributed by atoms with E-state index in [1.807, 2.05) is 0 Å². The predicted octanol–water partition coefficient (Wildman–Crippen LogP) is 3.68. The number of unbranched alkanes of at least 4 members (excludes halogenated alkanes) is 1. The SMILES string of the molecule is CC(C)(CNCCCC#N)c1cc(Br)cs1. The lowest BCUT2D eigenvalue weighted by molar-refractivity contribution is 0.474. The topological polar surface area (TPSA) is 35.8 Å². The highest BCUT2D eigenvalue weighted by Gasteiger charge is 2.21. The standard InChI is InChI=1S/C12H17BrN2S/c1-12(2,9-15-6-4-3-5-14)11-7-10(13)8-16-11/h7-8,15H,3-4,6,9H2,1-2H3. The number of nitrogens with zero attached hydrogens (tertiary/aromatic N) is 1. The van der Waals surface area contributed by atoms with Gasteiger partial charge in [0.15, 0.2) is 0 Å². The van der Waals surface area contributed by atoms with Crippen LogP contribution in [0.25, 0.3) is 0 Å². The summed E-state index contributed by atoms with van der Waals surface area (Å²) >= 11 is 5.27. The fraction of sp³-hybridized carbons (Fsp3) is 0.583. The van der Waals surface area contributed by atoms with E-state index in [0.717, 1.165) is 24.0 Å². The normalized spacial score (nSPS) is 11.4. The Hall–Kier alpha value is -0.370. The first kappa shape index (κ1) is 13.7. The largest absolute Gasteiger partial charge is 0.316 e. The monoisotopic (exact) mass is 300 g/mol. The molecule has 0 aliphatic carbocycles. The zero-order chi connectivity index (χ0) is 12.0. The van der Waals surface area contributed by atoms with Gasteiger partial charge in [0.25, 0.3) is 0 Å². The molecule has 0 fully saturated rings. The Morgan fingerprint density at radius 1 is 1.56 bits per heavy atom. The Kier molecular flexibility index (Phi) is 5.47. The zero-order valence-corrected chi connectivity index (χ0v) is 12.1. The summed E-state index contributed by atoms with van der Waals surface area (Å²) in [4.78, 5) is 1.38. The van der Waals surface area contributed by atoms with Gasteiger partial charge in [-0.25, -0.2) is 0 Å². The molecule has 0 unspecified atom stereocenters. The van der Waals surface area contributed by atoms with Crippen molar-refractivity contribution in [3.8, 4) is 6.07 Å². The zero-order valence-electron chi connectivity index (χ0n) is 9.72. The Morgan fingerprint density at radius 3 is 2.88 bits per heavy atom. The third-order valence-corrected chi connectivity index (χ3v) is 4.50. The maximum atomic E-state index is 8.42. The second-order valence-corrected chi connectivity index (χ2v) is 6.28. The van der Waals surface area contributed by atoms with Crippen molar-refractivity contribution in [2.24, 2.45) is 0 Å². The van der Waals surface area contributed by atoms with E-state index in [-0.39, 0.29) is 5.41 Å². The van der Waals surface area contributed by atoms with Crippen LogP contribution >= 0.6 is 27.3 Å². The lowest BCUT2D eigenvalue weighted by atomic mass is 9.91. The highest BCUT2D eigenvalue weighted by atomic mass is 79.9. The van der Waals surface area contributed by atoms with Crippen LogP contribution < -0.4 is 5.32 Å². The van der Waals surface area contributed by atoms with E-state index in [1.54, 1.807) is 11.3 Å². The van der Waals surface area contributed by atoms with E-state index >= 15 is 0 Å². The van der Waals surface area contributed by atoms with Gasteiger partial charge < -0.3 is 5.32 Å². The molecular weight excluding hydrogens is 284 g/mol. The van der Waals surface area contributed by atoms with E-state index in [4.69, 9.17) is 5.26 Å². The molecule has 0 aromatic carbocycles. The van der Waals surface area contributed by atoms with Crippen LogP contribution in [0.5, 0.6) is 0 Å². The summed E-state index contributed by atoms with van der Waals surface area (Å²) < 4.78 is 1.16. The first-order chi connectivity index (χ1) is 7.56. The maximum absolute atomic E-state index is 8.42. The number of thiophene rings is 1. The van der Waals surface area contributed by atoms with Crippen molar-refractivity contribution in [1.82, 2.24) is 5.32 Å². The quantitative estimate of drug-likeness (QED) is 0.814. The molecule has 1 heterocycles. The number of nitrogens with one attached hydrogen (secondary N) is 1. The van der Waals surface area contributed by atoms with Gasteiger partial charge in [0.05, 0.1) is 6.07 Å². The molecule has 4 heteroatoms. The Bertz CT molecular complexity index is 365. The van der Waals surface area contributed by atoms with E-state index < -0.39 is 0 Å². The molecule has 1 rings (SSSR count). The Balaban J connectivity index is 2.37. The number of rotatable bonds is 6. The molecule has 1 N–H and O–H groups in total. The second-order valence-electron chi connectivity index (χ2n) is 4.45. The van der Waals surface area contributed by atoms with Crippen molar-refractivity contribution in [3.05, 3.63) is 20.8 Å². The molecule has 88 valence electrons. The second kappa shape index (κ2) is 6.39. The fourth-order valence-electron chi connectivity index (χ4n) is 1.45. The molecule has 1 aromatic heterocycles. The lowest BCUT2D eigenvalue weighted by Gasteiger charge is -2.23. The highest BCUT2D eigenvalue weighted by Crippen LogP contribution is 2.30. The smallest absolute Gasteiger partial charge is 0.0622 e. The van der Waals surface area contributed by atoms with Crippen LogP contribution in [0.4, 0.5) is 0 Å². The highest BCUT2D eigenvalue weighted by molar-refractivity contribution is 9.10. The van der Waals surface area contributed by atoms with Crippen LogP contribution in [0.1, 0.15) is 31.6 Å². The molecule has 0 bridgehead atoms. The summed E-state index contributed by atoms with van der Waals surface area (Å²) in [5.74, 6) is 0. The van der Waals surface area contributed by atoms with Crippen molar-refractivity contribution in [1.29, 1.82) is 5.26 Å². The molecule has 0 spiro atoms. The average molecular weight is 301 g/mol. The molecule has 0 saturated heterocycles. The first-order valence-electron chi connectivity index (χ1n) is 5.38. The summed E-state index contributed by atoms with van der Waals surface area (Å²) in [5, 5.41) is 14.0. The van der Waals surface area contributed by atoms with Gasteiger partial charge in [-0.2, -0.15) is 5.26 Å². The predicted molar refractivity (Wildman–Crippen MR) is 72.8 cm³/mol. The number of halogens is 1. The molecule has 0 aliphatic rings. The molecule has 0 aliphatic heterocycles. The van der Waals surface area contributed by atoms with Gasteiger partial charge in [-0.15, -0.1) is 11.3 Å². The van der Waals surface area contributed by atoms with Crippen LogP contribution in [0.3, 0.4) is 0 Å².